The first-order valence-corrected chi connectivity index (χ1v) is 8.57. The van der Waals surface area contributed by atoms with Gasteiger partial charge in [0, 0.05) is 30.4 Å². The van der Waals surface area contributed by atoms with Gasteiger partial charge in [0.05, 0.1) is 5.69 Å². The molecule has 0 fully saturated rings. The number of amides is 1. The molecule has 24 heavy (non-hydrogen) atoms. The number of aromatic nitrogens is 2. The number of pyridine rings is 1. The lowest BCUT2D eigenvalue weighted by atomic mass is 9.99. The van der Waals surface area contributed by atoms with Crippen LogP contribution in [0, 0.1) is 0 Å². The molecule has 0 radical (unpaired) electrons. The molecule has 0 bridgehead atoms. The lowest BCUT2D eigenvalue weighted by molar-refractivity contribution is 0.0726. The van der Waals surface area contributed by atoms with Crippen molar-refractivity contribution >= 4 is 23.2 Å². The number of imidazole rings is 1. The number of halogens is 1. The highest BCUT2D eigenvalue weighted by molar-refractivity contribution is 6.30. The van der Waals surface area contributed by atoms with Crippen molar-refractivity contribution in [1.82, 2.24) is 14.3 Å². The maximum Gasteiger partial charge on any atom is 0.273 e. The number of nitrogens with zero attached hydrogens (tertiary/aromatic N) is 3. The van der Waals surface area contributed by atoms with Gasteiger partial charge in [0.15, 0.2) is 0 Å². The van der Waals surface area contributed by atoms with Crippen molar-refractivity contribution in [2.45, 2.75) is 26.3 Å². The van der Waals surface area contributed by atoms with Crippen LogP contribution in [0.3, 0.4) is 0 Å². The third kappa shape index (κ3) is 2.47. The van der Waals surface area contributed by atoms with Crippen LogP contribution in [0.25, 0.3) is 5.65 Å². The van der Waals surface area contributed by atoms with Crippen LogP contribution in [0.2, 0.25) is 5.02 Å². The molecule has 0 saturated heterocycles. The Morgan fingerprint density at radius 3 is 2.83 bits per heavy atom. The Balaban J connectivity index is 1.74. The molecule has 1 aromatic carbocycles. The van der Waals surface area contributed by atoms with E-state index in [0.29, 0.717) is 23.7 Å². The minimum Gasteiger partial charge on any atom is -0.333 e. The minimum atomic E-state index is 0.0381. The van der Waals surface area contributed by atoms with Gasteiger partial charge in [-0.25, -0.2) is 4.98 Å². The van der Waals surface area contributed by atoms with Gasteiger partial charge in [-0.3, -0.25) is 9.20 Å². The summed E-state index contributed by atoms with van der Waals surface area (Å²) in [5, 5.41) is 0.626. The molecule has 122 valence electrons. The summed E-state index contributed by atoms with van der Waals surface area (Å²) in [7, 11) is 0. The Bertz CT molecular complexity index is 932. The zero-order chi connectivity index (χ0) is 16.7. The van der Waals surface area contributed by atoms with Crippen molar-refractivity contribution in [3.8, 4) is 0 Å². The molecule has 0 spiro atoms. The van der Waals surface area contributed by atoms with Crippen LogP contribution in [0.15, 0.2) is 42.6 Å². The summed E-state index contributed by atoms with van der Waals surface area (Å²) in [6.07, 6.45) is 3.44. The molecule has 4 rings (SSSR count). The first-order valence-electron chi connectivity index (χ1n) is 8.20. The van der Waals surface area contributed by atoms with Crippen molar-refractivity contribution in [3.63, 3.8) is 0 Å². The fourth-order valence-corrected chi connectivity index (χ4v) is 3.51. The van der Waals surface area contributed by atoms with Crippen LogP contribution < -0.4 is 0 Å². The van der Waals surface area contributed by atoms with Crippen molar-refractivity contribution in [2.24, 2.45) is 0 Å². The van der Waals surface area contributed by atoms with Crippen LogP contribution in [0.1, 0.15) is 34.2 Å². The Morgan fingerprint density at radius 2 is 2.04 bits per heavy atom. The monoisotopic (exact) mass is 339 g/mol. The van der Waals surface area contributed by atoms with Crippen LogP contribution in [-0.4, -0.2) is 26.7 Å². The van der Waals surface area contributed by atoms with E-state index in [1.807, 2.05) is 28.5 Å². The lowest BCUT2D eigenvalue weighted by Crippen LogP contribution is -2.37. The topological polar surface area (TPSA) is 37.6 Å². The van der Waals surface area contributed by atoms with Gasteiger partial charge >= 0.3 is 0 Å². The smallest absolute Gasteiger partial charge is 0.273 e. The van der Waals surface area contributed by atoms with Gasteiger partial charge in [-0.1, -0.05) is 42.8 Å². The first kappa shape index (κ1) is 15.2. The number of fused-ring (bicyclic) bond motifs is 2. The van der Waals surface area contributed by atoms with Gasteiger partial charge in [0.25, 0.3) is 5.91 Å². The van der Waals surface area contributed by atoms with Crippen LogP contribution >= 0.6 is 11.6 Å². The second-order valence-corrected chi connectivity index (χ2v) is 6.52. The minimum absolute atomic E-state index is 0.0381. The maximum absolute atomic E-state index is 13.2. The number of carbonyl (C=O) groups excluding carboxylic acids is 1. The summed E-state index contributed by atoms with van der Waals surface area (Å²) in [5.41, 5.74) is 4.76. The van der Waals surface area contributed by atoms with Crippen molar-refractivity contribution in [2.75, 3.05) is 6.54 Å². The lowest BCUT2D eigenvalue weighted by Gasteiger charge is -2.29. The molecule has 1 aliphatic heterocycles. The highest BCUT2D eigenvalue weighted by atomic mass is 35.5. The fraction of sp³-hybridized carbons (Fsp3) is 0.263. The van der Waals surface area contributed by atoms with Gasteiger partial charge in [-0.15, -0.1) is 0 Å². The van der Waals surface area contributed by atoms with Gasteiger partial charge in [0.1, 0.15) is 11.3 Å². The number of hydrogen-bond acceptors (Lipinski definition) is 2. The molecule has 0 saturated carbocycles. The van der Waals surface area contributed by atoms with Crippen LogP contribution in [0.4, 0.5) is 0 Å². The molecular weight excluding hydrogens is 322 g/mol. The van der Waals surface area contributed by atoms with E-state index >= 15 is 0 Å². The van der Waals surface area contributed by atoms with E-state index in [1.165, 1.54) is 11.1 Å². The average Bonchev–Trinajstić information content (AvgIpc) is 2.98. The van der Waals surface area contributed by atoms with Crippen molar-refractivity contribution in [3.05, 3.63) is 70.1 Å². The summed E-state index contributed by atoms with van der Waals surface area (Å²) in [4.78, 5) is 19.7. The van der Waals surface area contributed by atoms with E-state index in [1.54, 1.807) is 12.1 Å². The Kier molecular flexibility index (Phi) is 3.77. The zero-order valence-corrected chi connectivity index (χ0v) is 14.3. The van der Waals surface area contributed by atoms with E-state index in [4.69, 9.17) is 11.6 Å². The largest absolute Gasteiger partial charge is 0.333 e. The number of rotatable bonds is 2. The number of hydrogen-bond donors (Lipinski definition) is 0. The number of carbonyl (C=O) groups is 1. The predicted molar refractivity (Wildman–Crippen MR) is 94.5 cm³/mol. The van der Waals surface area contributed by atoms with E-state index in [9.17, 15) is 4.79 Å². The maximum atomic E-state index is 13.2. The molecule has 0 atom stereocenters. The fourth-order valence-electron chi connectivity index (χ4n) is 3.36. The Hall–Kier alpha value is -2.33. The van der Waals surface area contributed by atoms with Crippen molar-refractivity contribution in [1.29, 1.82) is 0 Å². The van der Waals surface area contributed by atoms with Gasteiger partial charge in [-0.2, -0.15) is 0 Å². The normalized spacial score (nSPS) is 14.0. The first-order chi connectivity index (χ1) is 11.7. The van der Waals surface area contributed by atoms with Crippen LogP contribution in [-0.2, 0) is 19.4 Å². The van der Waals surface area contributed by atoms with Crippen molar-refractivity contribution < 1.29 is 4.79 Å². The van der Waals surface area contributed by atoms with Gasteiger partial charge in [0.2, 0.25) is 0 Å². The van der Waals surface area contributed by atoms with E-state index < -0.39 is 0 Å². The second-order valence-electron chi connectivity index (χ2n) is 6.08. The van der Waals surface area contributed by atoms with Gasteiger partial charge < -0.3 is 4.90 Å². The Labute approximate surface area is 145 Å². The molecule has 3 heterocycles. The molecule has 0 N–H and O–H groups in total. The quantitative estimate of drug-likeness (QED) is 0.713. The predicted octanol–water partition coefficient (Wildman–Crippen LogP) is 3.75. The Morgan fingerprint density at radius 1 is 1.25 bits per heavy atom. The summed E-state index contributed by atoms with van der Waals surface area (Å²) in [6.45, 7) is 3.41. The SMILES string of the molecule is CCc1nc2cc(Cl)ccn2c1C(=O)N1CCc2ccccc2C1. The number of aryl methyl sites for hydroxylation is 1. The van der Waals surface area contributed by atoms with E-state index in [2.05, 4.69) is 23.2 Å². The molecule has 3 aromatic rings. The summed E-state index contributed by atoms with van der Waals surface area (Å²) in [6, 6.07) is 11.9. The standard InChI is InChI=1S/C19H18ClN3O/c1-2-16-18(23-10-8-15(20)11-17(23)21-16)19(24)22-9-7-13-5-3-4-6-14(13)12-22/h3-6,8,10-11H,2,7,9,12H2,1H3. The molecule has 1 amide bonds. The van der Waals surface area contributed by atoms with Crippen LogP contribution in [0.5, 0.6) is 0 Å². The molecule has 0 aliphatic carbocycles. The third-order valence-electron chi connectivity index (χ3n) is 4.62. The molecule has 0 unspecified atom stereocenters. The summed E-state index contributed by atoms with van der Waals surface area (Å²) >= 11 is 6.06. The molecule has 5 heteroatoms. The zero-order valence-electron chi connectivity index (χ0n) is 13.5. The molecule has 4 nitrogen and oxygen atoms in total. The van der Waals surface area contributed by atoms with E-state index in [-0.39, 0.29) is 5.91 Å². The third-order valence-corrected chi connectivity index (χ3v) is 4.85. The summed E-state index contributed by atoms with van der Waals surface area (Å²) < 4.78 is 1.85. The number of benzene rings is 1. The molecular formula is C19H18ClN3O. The van der Waals surface area contributed by atoms with E-state index in [0.717, 1.165) is 24.3 Å². The molecule has 1 aliphatic rings. The second kappa shape index (κ2) is 5.95. The van der Waals surface area contributed by atoms with Gasteiger partial charge in [-0.05, 0) is 30.0 Å². The highest BCUT2D eigenvalue weighted by Gasteiger charge is 2.26. The summed E-state index contributed by atoms with van der Waals surface area (Å²) in [5.74, 6) is 0.0381. The average molecular weight is 340 g/mol. The molecule has 2 aromatic heterocycles. The highest BCUT2D eigenvalue weighted by Crippen LogP contribution is 2.23.